The van der Waals surface area contributed by atoms with E-state index in [0.717, 1.165) is 12.1 Å². The summed E-state index contributed by atoms with van der Waals surface area (Å²) in [5.41, 5.74) is -0.174. The zero-order valence-electron chi connectivity index (χ0n) is 10.2. The van der Waals surface area contributed by atoms with E-state index in [1.807, 2.05) is 0 Å². The van der Waals surface area contributed by atoms with Gasteiger partial charge in [0.15, 0.2) is 0 Å². The summed E-state index contributed by atoms with van der Waals surface area (Å²) in [6.45, 7) is 0. The summed E-state index contributed by atoms with van der Waals surface area (Å²) < 4.78 is 41.7. The number of nitrogens with one attached hydrogen (secondary N) is 1. The molecule has 0 spiro atoms. The topological polar surface area (TPSA) is 51.2 Å². The van der Waals surface area contributed by atoms with Crippen LogP contribution in [0.15, 0.2) is 29.6 Å². The number of thiazole rings is 1. The van der Waals surface area contributed by atoms with Crippen molar-refractivity contribution in [3.8, 4) is 10.6 Å². The second kappa shape index (κ2) is 5.49. The number of ether oxygens (including phenoxy) is 1. The number of nitrogens with zero attached hydrogens (tertiary/aromatic N) is 1. The minimum atomic E-state index is -4.36. The molecule has 0 fully saturated rings. The average molecular weight is 302 g/mol. The van der Waals surface area contributed by atoms with Crippen LogP contribution >= 0.6 is 11.3 Å². The predicted molar refractivity (Wildman–Crippen MR) is 68.6 cm³/mol. The van der Waals surface area contributed by atoms with Gasteiger partial charge in [0.05, 0.1) is 12.7 Å². The number of amides is 1. The van der Waals surface area contributed by atoms with Crippen LogP contribution in [-0.2, 0) is 10.9 Å². The van der Waals surface area contributed by atoms with Crippen molar-refractivity contribution in [3.05, 3.63) is 35.2 Å². The average Bonchev–Trinajstić information content (AvgIpc) is 2.86. The summed E-state index contributed by atoms with van der Waals surface area (Å²) in [6.07, 6.45) is -5.02. The zero-order valence-corrected chi connectivity index (χ0v) is 11.0. The van der Waals surface area contributed by atoms with Gasteiger partial charge in [-0.2, -0.15) is 13.2 Å². The van der Waals surface area contributed by atoms with Crippen LogP contribution in [0.3, 0.4) is 0 Å². The van der Waals surface area contributed by atoms with Crippen molar-refractivity contribution in [2.24, 2.45) is 0 Å². The summed E-state index contributed by atoms with van der Waals surface area (Å²) in [6, 6.07) is 4.65. The Morgan fingerprint density at radius 3 is 2.50 bits per heavy atom. The maximum Gasteiger partial charge on any atom is 0.416 e. The Kier molecular flexibility index (Phi) is 3.93. The number of halogens is 3. The number of hydrogen-bond donors (Lipinski definition) is 1. The fourth-order valence-corrected chi connectivity index (χ4v) is 2.18. The molecule has 0 aliphatic heterocycles. The molecule has 8 heteroatoms. The monoisotopic (exact) mass is 302 g/mol. The predicted octanol–water partition coefficient (Wildman–Crippen LogP) is 4.01. The Labute approximate surface area is 116 Å². The number of aromatic nitrogens is 1. The molecule has 1 heterocycles. The lowest BCUT2D eigenvalue weighted by atomic mass is 10.1. The molecule has 0 aliphatic rings. The summed E-state index contributed by atoms with van der Waals surface area (Å²) in [5, 5.41) is 4.45. The highest BCUT2D eigenvalue weighted by molar-refractivity contribution is 7.13. The summed E-state index contributed by atoms with van der Waals surface area (Å²) in [5.74, 6) is 0.289. The SMILES string of the molecule is COC(=O)Nc1csc(-c2ccc(C(F)(F)F)cc2)n1. The number of alkyl halides is 3. The first-order valence-corrected chi connectivity index (χ1v) is 6.26. The van der Waals surface area contributed by atoms with Crippen LogP contribution in [0.5, 0.6) is 0 Å². The Bertz CT molecular complexity index is 608. The Balaban J connectivity index is 2.18. The van der Waals surface area contributed by atoms with E-state index in [0.29, 0.717) is 10.6 Å². The first-order valence-electron chi connectivity index (χ1n) is 5.38. The van der Waals surface area contributed by atoms with Crippen molar-refractivity contribution in [3.63, 3.8) is 0 Å². The van der Waals surface area contributed by atoms with Crippen molar-refractivity contribution in [2.75, 3.05) is 12.4 Å². The third-order valence-electron chi connectivity index (χ3n) is 2.38. The van der Waals surface area contributed by atoms with Gasteiger partial charge in [-0.15, -0.1) is 11.3 Å². The fraction of sp³-hybridized carbons (Fsp3) is 0.167. The Morgan fingerprint density at radius 1 is 1.30 bits per heavy atom. The van der Waals surface area contributed by atoms with E-state index >= 15 is 0 Å². The van der Waals surface area contributed by atoms with Crippen LogP contribution in [0, 0.1) is 0 Å². The van der Waals surface area contributed by atoms with Crippen LogP contribution in [0.2, 0.25) is 0 Å². The number of rotatable bonds is 2. The van der Waals surface area contributed by atoms with Gasteiger partial charge in [0.25, 0.3) is 0 Å². The van der Waals surface area contributed by atoms with Crippen molar-refractivity contribution >= 4 is 23.2 Å². The van der Waals surface area contributed by atoms with Gasteiger partial charge in [0.1, 0.15) is 10.8 Å². The number of benzene rings is 1. The molecule has 106 valence electrons. The fourth-order valence-electron chi connectivity index (χ4n) is 1.42. The van der Waals surface area contributed by atoms with E-state index in [4.69, 9.17) is 0 Å². The lowest BCUT2D eigenvalue weighted by Gasteiger charge is -2.06. The van der Waals surface area contributed by atoms with Crippen molar-refractivity contribution < 1.29 is 22.7 Å². The second-order valence-electron chi connectivity index (χ2n) is 3.73. The number of methoxy groups -OCH3 is 1. The largest absolute Gasteiger partial charge is 0.453 e. The van der Waals surface area contributed by atoms with Gasteiger partial charge in [0, 0.05) is 10.9 Å². The molecule has 1 aromatic heterocycles. The van der Waals surface area contributed by atoms with Crippen LogP contribution in [-0.4, -0.2) is 18.2 Å². The maximum atomic E-state index is 12.4. The second-order valence-corrected chi connectivity index (χ2v) is 4.59. The van der Waals surface area contributed by atoms with Crippen LogP contribution in [0.1, 0.15) is 5.56 Å². The molecule has 1 amide bonds. The normalized spacial score (nSPS) is 11.2. The lowest BCUT2D eigenvalue weighted by molar-refractivity contribution is -0.137. The van der Waals surface area contributed by atoms with E-state index in [9.17, 15) is 18.0 Å². The van der Waals surface area contributed by atoms with Crippen molar-refractivity contribution in [2.45, 2.75) is 6.18 Å². The van der Waals surface area contributed by atoms with E-state index < -0.39 is 17.8 Å². The summed E-state index contributed by atoms with van der Waals surface area (Å²) in [4.78, 5) is 15.1. The van der Waals surface area contributed by atoms with Gasteiger partial charge in [0.2, 0.25) is 0 Å². The maximum absolute atomic E-state index is 12.4. The minimum Gasteiger partial charge on any atom is -0.453 e. The van der Waals surface area contributed by atoms with E-state index in [1.54, 1.807) is 5.38 Å². The standard InChI is InChI=1S/C12H9F3N2O2S/c1-19-11(18)17-9-6-20-10(16-9)7-2-4-8(5-3-7)12(13,14)15/h2-6H,1H3,(H,17,18). The summed E-state index contributed by atoms with van der Waals surface area (Å²) >= 11 is 1.21. The van der Waals surface area contributed by atoms with E-state index in [1.165, 1.54) is 30.6 Å². The molecule has 1 N–H and O–H groups in total. The molecule has 1 aromatic carbocycles. The minimum absolute atomic E-state index is 0.289. The zero-order chi connectivity index (χ0) is 14.8. The molecule has 0 atom stereocenters. The molecule has 0 aliphatic carbocycles. The molecule has 4 nitrogen and oxygen atoms in total. The van der Waals surface area contributed by atoms with Gasteiger partial charge in [-0.25, -0.2) is 9.78 Å². The molecule has 20 heavy (non-hydrogen) atoms. The van der Waals surface area contributed by atoms with Crippen LogP contribution in [0.25, 0.3) is 10.6 Å². The molecular formula is C12H9F3N2O2S. The van der Waals surface area contributed by atoms with Crippen LogP contribution < -0.4 is 5.32 Å². The van der Waals surface area contributed by atoms with Gasteiger partial charge in [-0.05, 0) is 12.1 Å². The molecule has 0 saturated carbocycles. The Hall–Kier alpha value is -2.09. The number of hydrogen-bond acceptors (Lipinski definition) is 4. The summed E-state index contributed by atoms with van der Waals surface area (Å²) in [7, 11) is 1.22. The molecule has 2 rings (SSSR count). The number of anilines is 1. The lowest BCUT2D eigenvalue weighted by Crippen LogP contribution is -2.10. The molecule has 0 bridgehead atoms. The third kappa shape index (κ3) is 3.27. The molecule has 0 unspecified atom stereocenters. The van der Waals surface area contributed by atoms with E-state index in [2.05, 4.69) is 15.0 Å². The van der Waals surface area contributed by atoms with Gasteiger partial charge >= 0.3 is 12.3 Å². The highest BCUT2D eigenvalue weighted by Gasteiger charge is 2.30. The van der Waals surface area contributed by atoms with Crippen molar-refractivity contribution in [1.82, 2.24) is 4.98 Å². The van der Waals surface area contributed by atoms with Gasteiger partial charge < -0.3 is 4.74 Å². The molecular weight excluding hydrogens is 293 g/mol. The van der Waals surface area contributed by atoms with Gasteiger partial charge in [-0.3, -0.25) is 5.32 Å². The Morgan fingerprint density at radius 2 is 1.95 bits per heavy atom. The third-order valence-corrected chi connectivity index (χ3v) is 3.27. The molecule has 0 saturated heterocycles. The first kappa shape index (κ1) is 14.3. The number of carbonyl (C=O) groups is 1. The first-order chi connectivity index (χ1) is 9.40. The van der Waals surface area contributed by atoms with E-state index in [-0.39, 0.29) is 5.82 Å². The van der Waals surface area contributed by atoms with Crippen LogP contribution in [0.4, 0.5) is 23.8 Å². The quantitative estimate of drug-likeness (QED) is 0.912. The highest BCUT2D eigenvalue weighted by atomic mass is 32.1. The molecule has 2 aromatic rings. The highest BCUT2D eigenvalue weighted by Crippen LogP contribution is 2.32. The molecule has 0 radical (unpaired) electrons. The van der Waals surface area contributed by atoms with Crippen molar-refractivity contribution in [1.29, 1.82) is 0 Å². The van der Waals surface area contributed by atoms with Gasteiger partial charge in [-0.1, -0.05) is 12.1 Å². The number of carbonyl (C=O) groups excluding carboxylic acids is 1. The smallest absolute Gasteiger partial charge is 0.416 e.